The molecule has 3 heterocycles. The molecule has 7 nitrogen and oxygen atoms in total. The van der Waals surface area contributed by atoms with Gasteiger partial charge in [0.1, 0.15) is 5.60 Å². The molecule has 2 amide bonds. The number of fused-ring (bicyclic) bond motifs is 1. The molecule has 3 fully saturated rings. The van der Waals surface area contributed by atoms with Gasteiger partial charge in [0.05, 0.1) is 31.3 Å². The highest BCUT2D eigenvalue weighted by molar-refractivity contribution is 5.83. The fraction of sp³-hybridized carbons (Fsp3) is 0.889. The van der Waals surface area contributed by atoms with Crippen LogP contribution in [-0.2, 0) is 14.3 Å². The Balaban J connectivity index is 1.89. The fourth-order valence-corrected chi connectivity index (χ4v) is 4.32. The van der Waals surface area contributed by atoms with Crippen molar-refractivity contribution in [3.05, 3.63) is 0 Å². The molecular weight excluding hydrogens is 379 g/mol. The Kier molecular flexibility index (Phi) is 5.82. The maximum absolute atomic E-state index is 13.2. The number of ether oxygens (including phenoxy) is 2. The Morgan fingerprint density at radius 1 is 0.929 bits per heavy atom. The fourth-order valence-electron chi connectivity index (χ4n) is 4.32. The topological polar surface area (TPSA) is 62.3 Å². The summed E-state index contributed by atoms with van der Waals surface area (Å²) in [6.45, 7) is 6.82. The lowest BCUT2D eigenvalue weighted by Crippen LogP contribution is -2.73. The summed E-state index contributed by atoms with van der Waals surface area (Å²) >= 11 is 0. The molecule has 3 aliphatic heterocycles. The van der Waals surface area contributed by atoms with Gasteiger partial charge < -0.3 is 14.4 Å². The number of amides is 2. The Hall–Kier alpha value is -1.55. The third-order valence-electron chi connectivity index (χ3n) is 5.45. The minimum absolute atomic E-state index is 0.0199. The molecule has 28 heavy (non-hydrogen) atoms. The van der Waals surface area contributed by atoms with Gasteiger partial charge in [0.25, 0.3) is 0 Å². The molecule has 0 aromatic rings. The summed E-state index contributed by atoms with van der Waals surface area (Å²) in [5.74, 6) is -1.85. The van der Waals surface area contributed by atoms with E-state index in [-0.39, 0.29) is 32.3 Å². The number of carbonyl (C=O) groups is 2. The summed E-state index contributed by atoms with van der Waals surface area (Å²) in [7, 11) is 0. The lowest BCUT2D eigenvalue weighted by molar-refractivity contribution is -0.198. The van der Waals surface area contributed by atoms with Crippen LogP contribution >= 0.6 is 0 Å². The molecule has 0 bridgehead atoms. The van der Waals surface area contributed by atoms with Crippen LogP contribution in [0.4, 0.5) is 18.0 Å². The number of hydrogen-bond acceptors (Lipinski definition) is 5. The van der Waals surface area contributed by atoms with Crippen molar-refractivity contribution >= 4 is 12.0 Å². The van der Waals surface area contributed by atoms with E-state index >= 15 is 0 Å². The number of hydrogen-bond donors (Lipinski definition) is 0. The van der Waals surface area contributed by atoms with Crippen LogP contribution in [0.1, 0.15) is 33.6 Å². The zero-order valence-electron chi connectivity index (χ0n) is 16.5. The predicted molar refractivity (Wildman–Crippen MR) is 93.7 cm³/mol. The van der Waals surface area contributed by atoms with Crippen molar-refractivity contribution in [2.75, 3.05) is 39.4 Å². The smallest absolute Gasteiger partial charge is 0.444 e. The average Bonchev–Trinajstić information content (AvgIpc) is 3.11. The van der Waals surface area contributed by atoms with Crippen LogP contribution in [0, 0.1) is 0 Å². The molecule has 3 saturated heterocycles. The molecule has 0 radical (unpaired) electrons. The molecular formula is C18H28F3N3O4. The van der Waals surface area contributed by atoms with Gasteiger partial charge in [-0.1, -0.05) is 0 Å². The maximum Gasteiger partial charge on any atom is 0.471 e. The van der Waals surface area contributed by atoms with E-state index in [1.807, 2.05) is 0 Å². The Bertz CT molecular complexity index is 602. The molecule has 0 spiro atoms. The summed E-state index contributed by atoms with van der Waals surface area (Å²) in [6, 6.07) is -1.82. The number of piperazine rings is 1. The number of carbonyl (C=O) groups excluding carboxylic acids is 2. The van der Waals surface area contributed by atoms with Gasteiger partial charge in [0, 0.05) is 13.1 Å². The van der Waals surface area contributed by atoms with E-state index in [0.29, 0.717) is 0 Å². The second-order valence-electron chi connectivity index (χ2n) is 8.58. The van der Waals surface area contributed by atoms with Crippen molar-refractivity contribution in [3.8, 4) is 0 Å². The lowest BCUT2D eigenvalue weighted by Gasteiger charge is -2.53. The summed E-state index contributed by atoms with van der Waals surface area (Å²) in [5.41, 5.74) is -0.727. The number of likely N-dealkylation sites (tertiary alicyclic amines) is 1. The van der Waals surface area contributed by atoms with Crippen molar-refractivity contribution in [2.45, 2.75) is 63.5 Å². The second kappa shape index (κ2) is 7.70. The number of nitrogens with zero attached hydrogens (tertiary/aromatic N) is 3. The molecule has 2 unspecified atom stereocenters. The van der Waals surface area contributed by atoms with Gasteiger partial charge in [-0.3, -0.25) is 14.6 Å². The molecule has 10 heteroatoms. The molecule has 3 aliphatic rings. The number of halogens is 3. The van der Waals surface area contributed by atoms with E-state index in [1.54, 1.807) is 20.8 Å². The highest BCUT2D eigenvalue weighted by Crippen LogP contribution is 2.33. The quantitative estimate of drug-likeness (QED) is 0.664. The summed E-state index contributed by atoms with van der Waals surface area (Å²) < 4.78 is 50.8. The number of rotatable bonds is 1. The molecule has 0 aliphatic carbocycles. The van der Waals surface area contributed by atoms with E-state index in [2.05, 4.69) is 4.90 Å². The van der Waals surface area contributed by atoms with Gasteiger partial charge in [-0.15, -0.1) is 0 Å². The highest BCUT2D eigenvalue weighted by atomic mass is 19.4. The van der Waals surface area contributed by atoms with Gasteiger partial charge in [0.15, 0.2) is 0 Å². The van der Waals surface area contributed by atoms with E-state index in [9.17, 15) is 22.8 Å². The van der Waals surface area contributed by atoms with Crippen LogP contribution in [0.3, 0.4) is 0 Å². The second-order valence-corrected chi connectivity index (χ2v) is 8.58. The van der Waals surface area contributed by atoms with Crippen LogP contribution in [0.5, 0.6) is 0 Å². The van der Waals surface area contributed by atoms with Crippen molar-refractivity contribution < 1.29 is 32.2 Å². The monoisotopic (exact) mass is 407 g/mol. The Labute approximate surface area is 162 Å². The van der Waals surface area contributed by atoms with Crippen molar-refractivity contribution in [1.82, 2.24) is 14.7 Å². The highest BCUT2D eigenvalue weighted by Gasteiger charge is 2.54. The standard InChI is InChI=1S/C18H28F3N3O4/c1-17(2,3)28-16(26)23-8-9-24(15(25)18(19,20)21)14-12(10-27-11-13(14)23)22-6-4-5-7-22/h12-14H,4-11H2,1-3H3/t12-,13?,14?/m0/s1. The van der Waals surface area contributed by atoms with E-state index in [0.717, 1.165) is 30.8 Å². The molecule has 0 aromatic heterocycles. The Morgan fingerprint density at radius 3 is 2.07 bits per heavy atom. The third-order valence-corrected chi connectivity index (χ3v) is 5.45. The zero-order valence-corrected chi connectivity index (χ0v) is 16.5. The molecule has 0 aromatic carbocycles. The van der Waals surface area contributed by atoms with Gasteiger partial charge in [-0.25, -0.2) is 4.79 Å². The largest absolute Gasteiger partial charge is 0.471 e. The minimum Gasteiger partial charge on any atom is -0.444 e. The maximum atomic E-state index is 13.2. The van der Waals surface area contributed by atoms with Gasteiger partial charge in [-0.2, -0.15) is 13.2 Å². The van der Waals surface area contributed by atoms with E-state index in [1.165, 1.54) is 4.90 Å². The molecule has 0 N–H and O–H groups in total. The van der Waals surface area contributed by atoms with Crippen molar-refractivity contribution in [2.24, 2.45) is 0 Å². The van der Waals surface area contributed by atoms with Crippen molar-refractivity contribution in [1.29, 1.82) is 0 Å². The minimum atomic E-state index is -4.95. The molecule has 160 valence electrons. The van der Waals surface area contributed by atoms with Gasteiger partial charge >= 0.3 is 18.2 Å². The first-order valence-electron chi connectivity index (χ1n) is 9.68. The SMILES string of the molecule is CC(C)(C)OC(=O)N1CCN(C(=O)C(F)(F)F)C2C1COC[C@@H]2N1CCCC1. The van der Waals surface area contributed by atoms with Crippen LogP contribution in [0.2, 0.25) is 0 Å². The third kappa shape index (κ3) is 4.37. The van der Waals surface area contributed by atoms with E-state index in [4.69, 9.17) is 9.47 Å². The summed E-state index contributed by atoms with van der Waals surface area (Å²) in [6.07, 6.45) is -3.63. The van der Waals surface area contributed by atoms with Crippen LogP contribution in [0.25, 0.3) is 0 Å². The summed E-state index contributed by atoms with van der Waals surface area (Å²) in [4.78, 5) is 29.2. The first-order valence-corrected chi connectivity index (χ1v) is 9.68. The zero-order chi connectivity index (χ0) is 20.7. The van der Waals surface area contributed by atoms with Gasteiger partial charge in [-0.05, 0) is 46.7 Å². The average molecular weight is 407 g/mol. The predicted octanol–water partition coefficient (Wildman–Crippen LogP) is 1.86. The Morgan fingerprint density at radius 2 is 1.50 bits per heavy atom. The van der Waals surface area contributed by atoms with Crippen molar-refractivity contribution in [3.63, 3.8) is 0 Å². The van der Waals surface area contributed by atoms with Crippen LogP contribution in [0.15, 0.2) is 0 Å². The normalized spacial score (nSPS) is 29.6. The number of alkyl halides is 3. The molecule has 3 atom stereocenters. The molecule has 0 saturated carbocycles. The van der Waals surface area contributed by atoms with E-state index < -0.39 is 35.9 Å². The first kappa shape index (κ1) is 21.2. The first-order chi connectivity index (χ1) is 13.0. The molecule has 3 rings (SSSR count). The lowest BCUT2D eigenvalue weighted by atomic mass is 9.91. The van der Waals surface area contributed by atoms with Crippen LogP contribution in [-0.4, -0.2) is 96.0 Å². The van der Waals surface area contributed by atoms with Gasteiger partial charge in [0.2, 0.25) is 0 Å². The summed E-state index contributed by atoms with van der Waals surface area (Å²) in [5, 5.41) is 0. The van der Waals surface area contributed by atoms with Crippen LogP contribution < -0.4 is 0 Å².